The maximum absolute atomic E-state index is 11.2. The van der Waals surface area contributed by atoms with Crippen LogP contribution in [0.3, 0.4) is 0 Å². The molecule has 0 aromatic heterocycles. The van der Waals surface area contributed by atoms with E-state index in [2.05, 4.69) is 31.6 Å². The molecule has 0 unspecified atom stereocenters. The summed E-state index contributed by atoms with van der Waals surface area (Å²) in [6.45, 7) is 8.67. The van der Waals surface area contributed by atoms with Gasteiger partial charge in [0.2, 0.25) is 0 Å². The molecule has 132 valence electrons. The lowest BCUT2D eigenvalue weighted by Gasteiger charge is -2.32. The van der Waals surface area contributed by atoms with Gasteiger partial charge in [0.15, 0.2) is 0 Å². The van der Waals surface area contributed by atoms with Crippen LogP contribution in [0.4, 0.5) is 0 Å². The van der Waals surface area contributed by atoms with Gasteiger partial charge in [-0.25, -0.2) is 4.79 Å². The van der Waals surface area contributed by atoms with Gasteiger partial charge in [0.25, 0.3) is 0 Å². The lowest BCUT2D eigenvalue weighted by Crippen LogP contribution is -2.19. The zero-order valence-electron chi connectivity index (χ0n) is 15.8. The molecular weight excluding hydrogens is 300 g/mol. The Bertz CT molecular complexity index is 599. The standard InChI is InChI=1S/C21H30O3/c1-16(15-20(22)24-6)9-7-11-18(23-5)12-13-19-17(2)10-8-14-21(19,3)4/h7,9,11-13,15H,8,10,14H2,1-6H3/b9-7+,13-12+,16-15-,18-11+. The van der Waals surface area contributed by atoms with Gasteiger partial charge in [0.05, 0.1) is 14.2 Å². The number of methoxy groups -OCH3 is 2. The van der Waals surface area contributed by atoms with Crippen LogP contribution in [0.25, 0.3) is 0 Å². The van der Waals surface area contributed by atoms with Crippen LogP contribution in [0.2, 0.25) is 0 Å². The van der Waals surface area contributed by atoms with E-state index in [1.807, 2.05) is 31.2 Å². The first kappa shape index (κ1) is 20.0. The van der Waals surface area contributed by atoms with Crippen molar-refractivity contribution in [1.82, 2.24) is 0 Å². The average molecular weight is 330 g/mol. The Morgan fingerprint density at radius 1 is 1.17 bits per heavy atom. The van der Waals surface area contributed by atoms with E-state index in [-0.39, 0.29) is 11.4 Å². The number of rotatable bonds is 6. The third kappa shape index (κ3) is 6.23. The minimum Gasteiger partial charge on any atom is -0.497 e. The van der Waals surface area contributed by atoms with E-state index in [1.54, 1.807) is 7.11 Å². The topological polar surface area (TPSA) is 35.5 Å². The third-order valence-corrected chi connectivity index (χ3v) is 4.36. The van der Waals surface area contributed by atoms with Gasteiger partial charge in [-0.05, 0) is 61.8 Å². The van der Waals surface area contributed by atoms with E-state index in [9.17, 15) is 4.79 Å². The molecular formula is C21H30O3. The van der Waals surface area contributed by atoms with Crippen molar-refractivity contribution in [2.45, 2.75) is 47.0 Å². The molecule has 0 aliphatic heterocycles. The molecule has 0 saturated heterocycles. The SMILES string of the molecule is COC(=O)\C=C(C)/C=C/C=C(\C=C\C1=C(C)CCCC1(C)C)OC. The molecule has 0 atom stereocenters. The fourth-order valence-electron chi connectivity index (χ4n) is 2.96. The Kier molecular flexibility index (Phi) is 7.76. The first-order valence-electron chi connectivity index (χ1n) is 8.37. The largest absolute Gasteiger partial charge is 0.497 e. The highest BCUT2D eigenvalue weighted by atomic mass is 16.5. The maximum Gasteiger partial charge on any atom is 0.330 e. The molecule has 24 heavy (non-hydrogen) atoms. The Morgan fingerprint density at radius 2 is 1.88 bits per heavy atom. The second-order valence-corrected chi connectivity index (χ2v) is 6.81. The second-order valence-electron chi connectivity index (χ2n) is 6.81. The van der Waals surface area contributed by atoms with Crippen molar-refractivity contribution in [2.75, 3.05) is 14.2 Å². The quantitative estimate of drug-likeness (QED) is 0.288. The maximum atomic E-state index is 11.2. The number of carbonyl (C=O) groups is 1. The smallest absolute Gasteiger partial charge is 0.330 e. The molecule has 1 aliphatic rings. The molecule has 0 fully saturated rings. The molecule has 0 amide bonds. The highest BCUT2D eigenvalue weighted by Gasteiger charge is 2.26. The van der Waals surface area contributed by atoms with Crippen LogP contribution in [0.15, 0.2) is 58.9 Å². The molecule has 0 aromatic carbocycles. The highest BCUT2D eigenvalue weighted by Crippen LogP contribution is 2.40. The Balaban J connectivity index is 2.87. The summed E-state index contributed by atoms with van der Waals surface area (Å²) in [4.78, 5) is 11.2. The Morgan fingerprint density at radius 3 is 2.46 bits per heavy atom. The molecule has 1 aliphatic carbocycles. The fourth-order valence-corrected chi connectivity index (χ4v) is 2.96. The highest BCUT2D eigenvalue weighted by molar-refractivity contribution is 5.83. The normalized spacial score (nSPS) is 19.2. The van der Waals surface area contributed by atoms with Crippen molar-refractivity contribution < 1.29 is 14.3 Å². The number of esters is 1. The first-order chi connectivity index (χ1) is 11.3. The zero-order valence-corrected chi connectivity index (χ0v) is 15.8. The fraction of sp³-hybridized carbons (Fsp3) is 0.476. The molecule has 0 heterocycles. The number of hydrogen-bond acceptors (Lipinski definition) is 3. The van der Waals surface area contributed by atoms with Crippen LogP contribution < -0.4 is 0 Å². The van der Waals surface area contributed by atoms with Gasteiger partial charge in [-0.15, -0.1) is 0 Å². The summed E-state index contributed by atoms with van der Waals surface area (Å²) >= 11 is 0. The summed E-state index contributed by atoms with van der Waals surface area (Å²) in [6, 6.07) is 0. The third-order valence-electron chi connectivity index (χ3n) is 4.36. The summed E-state index contributed by atoms with van der Waals surface area (Å²) < 4.78 is 10.0. The Hall–Kier alpha value is -2.03. The molecule has 3 nitrogen and oxygen atoms in total. The predicted molar refractivity (Wildman–Crippen MR) is 99.5 cm³/mol. The van der Waals surface area contributed by atoms with Crippen LogP contribution in [0.5, 0.6) is 0 Å². The summed E-state index contributed by atoms with van der Waals surface area (Å²) in [6.07, 6.45) is 14.9. The summed E-state index contributed by atoms with van der Waals surface area (Å²) in [5, 5.41) is 0. The molecule has 0 saturated carbocycles. The molecule has 0 bridgehead atoms. The van der Waals surface area contributed by atoms with Gasteiger partial charge < -0.3 is 9.47 Å². The van der Waals surface area contributed by atoms with Crippen molar-refractivity contribution in [3.63, 3.8) is 0 Å². The van der Waals surface area contributed by atoms with Crippen LogP contribution in [0.1, 0.15) is 47.0 Å². The lowest BCUT2D eigenvalue weighted by molar-refractivity contribution is -0.134. The Labute approximate surface area is 146 Å². The van der Waals surface area contributed by atoms with Crippen molar-refractivity contribution in [2.24, 2.45) is 5.41 Å². The molecule has 0 radical (unpaired) electrons. The van der Waals surface area contributed by atoms with Gasteiger partial charge in [0, 0.05) is 6.08 Å². The summed E-state index contributed by atoms with van der Waals surface area (Å²) in [5.74, 6) is 0.425. The van der Waals surface area contributed by atoms with E-state index in [0.29, 0.717) is 0 Å². The molecule has 0 spiro atoms. The zero-order chi connectivity index (χ0) is 18.2. The van der Waals surface area contributed by atoms with E-state index >= 15 is 0 Å². The van der Waals surface area contributed by atoms with Crippen molar-refractivity contribution >= 4 is 5.97 Å². The van der Waals surface area contributed by atoms with Gasteiger partial charge in [0.1, 0.15) is 5.76 Å². The monoisotopic (exact) mass is 330 g/mol. The van der Waals surface area contributed by atoms with Crippen molar-refractivity contribution in [1.29, 1.82) is 0 Å². The minimum absolute atomic E-state index is 0.216. The molecule has 0 N–H and O–H groups in total. The molecule has 1 rings (SSSR count). The van der Waals surface area contributed by atoms with E-state index < -0.39 is 0 Å². The average Bonchev–Trinajstić information content (AvgIpc) is 2.51. The lowest BCUT2D eigenvalue weighted by atomic mass is 9.72. The van der Waals surface area contributed by atoms with Gasteiger partial charge in [-0.1, -0.05) is 37.6 Å². The van der Waals surface area contributed by atoms with E-state index in [0.717, 1.165) is 11.3 Å². The van der Waals surface area contributed by atoms with Gasteiger partial charge in [-0.3, -0.25) is 0 Å². The van der Waals surface area contributed by atoms with Crippen molar-refractivity contribution in [3.8, 4) is 0 Å². The van der Waals surface area contributed by atoms with Crippen LogP contribution in [0, 0.1) is 5.41 Å². The van der Waals surface area contributed by atoms with Crippen LogP contribution in [-0.4, -0.2) is 20.2 Å². The van der Waals surface area contributed by atoms with Crippen LogP contribution >= 0.6 is 0 Å². The minimum atomic E-state index is -0.352. The predicted octanol–water partition coefficient (Wildman–Crippen LogP) is 5.28. The number of hydrogen-bond donors (Lipinski definition) is 0. The molecule has 3 heteroatoms. The van der Waals surface area contributed by atoms with E-state index in [1.165, 1.54) is 43.6 Å². The van der Waals surface area contributed by atoms with Gasteiger partial charge >= 0.3 is 5.97 Å². The number of ether oxygens (including phenoxy) is 2. The van der Waals surface area contributed by atoms with Crippen LogP contribution in [-0.2, 0) is 14.3 Å². The van der Waals surface area contributed by atoms with E-state index in [4.69, 9.17) is 4.74 Å². The first-order valence-corrected chi connectivity index (χ1v) is 8.37. The second kappa shape index (κ2) is 9.31. The summed E-state index contributed by atoms with van der Waals surface area (Å²) in [7, 11) is 3.03. The molecule has 0 aromatic rings. The number of allylic oxidation sites excluding steroid dienone is 8. The van der Waals surface area contributed by atoms with Gasteiger partial charge in [-0.2, -0.15) is 0 Å². The van der Waals surface area contributed by atoms with Crippen molar-refractivity contribution in [3.05, 3.63) is 58.9 Å². The summed E-state index contributed by atoms with van der Waals surface area (Å²) in [5.41, 5.74) is 3.91. The number of carbonyl (C=O) groups excluding carboxylic acids is 1.